The van der Waals surface area contributed by atoms with Gasteiger partial charge in [0.05, 0.1) is 12.2 Å². The Hall–Kier alpha value is -1.91. The highest BCUT2D eigenvalue weighted by molar-refractivity contribution is 5.78. The van der Waals surface area contributed by atoms with Crippen molar-refractivity contribution in [2.75, 3.05) is 19.6 Å². The summed E-state index contributed by atoms with van der Waals surface area (Å²) >= 11 is 0. The van der Waals surface area contributed by atoms with E-state index in [0.717, 1.165) is 31.6 Å². The Kier molecular flexibility index (Phi) is 5.72. The van der Waals surface area contributed by atoms with Gasteiger partial charge in [-0.3, -0.25) is 14.6 Å². The SMILES string of the molecule is CC(=O)N(CCC(=O)N1CCCCC1)Cc1ccccn1. The van der Waals surface area contributed by atoms with Gasteiger partial charge in [0.15, 0.2) is 0 Å². The second-order valence-electron chi connectivity index (χ2n) is 5.45. The zero-order valence-electron chi connectivity index (χ0n) is 12.6. The molecule has 0 unspecified atom stereocenters. The molecule has 0 aromatic carbocycles. The second kappa shape index (κ2) is 7.76. The highest BCUT2D eigenvalue weighted by Gasteiger charge is 2.18. The molecule has 5 nitrogen and oxygen atoms in total. The minimum Gasteiger partial charge on any atom is -0.343 e. The molecule has 5 heteroatoms. The van der Waals surface area contributed by atoms with Crippen molar-refractivity contribution in [3.05, 3.63) is 30.1 Å². The van der Waals surface area contributed by atoms with Gasteiger partial charge in [0.25, 0.3) is 0 Å². The van der Waals surface area contributed by atoms with E-state index in [-0.39, 0.29) is 11.8 Å². The van der Waals surface area contributed by atoms with Crippen LogP contribution in [0, 0.1) is 0 Å². The molecule has 1 saturated heterocycles. The summed E-state index contributed by atoms with van der Waals surface area (Å²) in [6.07, 6.45) is 5.51. The van der Waals surface area contributed by atoms with Crippen LogP contribution in [0.4, 0.5) is 0 Å². The molecule has 21 heavy (non-hydrogen) atoms. The third kappa shape index (κ3) is 4.85. The number of piperidine rings is 1. The van der Waals surface area contributed by atoms with E-state index < -0.39 is 0 Å². The Morgan fingerprint density at radius 3 is 2.62 bits per heavy atom. The van der Waals surface area contributed by atoms with Gasteiger partial charge >= 0.3 is 0 Å². The van der Waals surface area contributed by atoms with E-state index in [1.807, 2.05) is 23.1 Å². The number of rotatable bonds is 5. The Balaban J connectivity index is 1.85. The maximum atomic E-state index is 12.1. The molecule has 0 spiro atoms. The molecule has 1 fully saturated rings. The fraction of sp³-hybridized carbons (Fsp3) is 0.562. The first-order valence-electron chi connectivity index (χ1n) is 7.60. The smallest absolute Gasteiger partial charge is 0.224 e. The first-order chi connectivity index (χ1) is 10.2. The number of carbonyl (C=O) groups excluding carboxylic acids is 2. The van der Waals surface area contributed by atoms with Crippen LogP contribution in [0.15, 0.2) is 24.4 Å². The lowest BCUT2D eigenvalue weighted by Crippen LogP contribution is -2.38. The molecule has 0 atom stereocenters. The zero-order chi connectivity index (χ0) is 15.1. The first kappa shape index (κ1) is 15.5. The molecule has 1 aromatic rings. The van der Waals surface area contributed by atoms with Crippen molar-refractivity contribution in [3.63, 3.8) is 0 Å². The number of hydrogen-bond acceptors (Lipinski definition) is 3. The summed E-state index contributed by atoms with van der Waals surface area (Å²) in [5.41, 5.74) is 0.845. The van der Waals surface area contributed by atoms with Crippen molar-refractivity contribution in [1.82, 2.24) is 14.8 Å². The number of pyridine rings is 1. The van der Waals surface area contributed by atoms with Crippen LogP contribution in [0.2, 0.25) is 0 Å². The maximum Gasteiger partial charge on any atom is 0.224 e. The fourth-order valence-electron chi connectivity index (χ4n) is 2.57. The predicted octanol–water partition coefficient (Wildman–Crippen LogP) is 1.83. The molecule has 1 aromatic heterocycles. The van der Waals surface area contributed by atoms with Gasteiger partial charge in [0.2, 0.25) is 11.8 Å². The largest absolute Gasteiger partial charge is 0.343 e. The topological polar surface area (TPSA) is 53.5 Å². The van der Waals surface area contributed by atoms with Gasteiger partial charge in [0.1, 0.15) is 0 Å². The molecule has 0 saturated carbocycles. The molecule has 0 bridgehead atoms. The van der Waals surface area contributed by atoms with E-state index >= 15 is 0 Å². The summed E-state index contributed by atoms with van der Waals surface area (Å²) in [6, 6.07) is 5.64. The van der Waals surface area contributed by atoms with Crippen molar-refractivity contribution in [2.45, 2.75) is 39.2 Å². The number of carbonyl (C=O) groups is 2. The van der Waals surface area contributed by atoms with E-state index in [4.69, 9.17) is 0 Å². The molecule has 0 aliphatic carbocycles. The normalized spacial score (nSPS) is 14.8. The highest BCUT2D eigenvalue weighted by Crippen LogP contribution is 2.11. The first-order valence-corrected chi connectivity index (χ1v) is 7.60. The van der Waals surface area contributed by atoms with Gasteiger partial charge in [-0.15, -0.1) is 0 Å². The van der Waals surface area contributed by atoms with Crippen molar-refractivity contribution in [1.29, 1.82) is 0 Å². The Labute approximate surface area is 126 Å². The van der Waals surface area contributed by atoms with Crippen molar-refractivity contribution in [2.24, 2.45) is 0 Å². The molecular formula is C16H23N3O2. The molecule has 1 aliphatic rings. The van der Waals surface area contributed by atoms with Gasteiger partial charge in [-0.2, -0.15) is 0 Å². The second-order valence-corrected chi connectivity index (χ2v) is 5.45. The summed E-state index contributed by atoms with van der Waals surface area (Å²) in [5.74, 6) is 0.133. The molecule has 114 valence electrons. The summed E-state index contributed by atoms with van der Waals surface area (Å²) in [5, 5.41) is 0. The number of hydrogen-bond donors (Lipinski definition) is 0. The molecule has 2 amide bonds. The molecule has 0 radical (unpaired) electrons. The van der Waals surface area contributed by atoms with E-state index in [1.165, 1.54) is 13.3 Å². The lowest BCUT2D eigenvalue weighted by Gasteiger charge is -2.28. The minimum atomic E-state index is -0.0212. The molecule has 1 aliphatic heterocycles. The highest BCUT2D eigenvalue weighted by atomic mass is 16.2. The van der Waals surface area contributed by atoms with E-state index in [9.17, 15) is 9.59 Å². The van der Waals surface area contributed by atoms with Crippen LogP contribution in [-0.4, -0.2) is 46.2 Å². The molecule has 2 heterocycles. The average Bonchev–Trinajstić information content (AvgIpc) is 2.52. The van der Waals surface area contributed by atoms with Gasteiger partial charge in [-0.25, -0.2) is 0 Å². The lowest BCUT2D eigenvalue weighted by atomic mass is 10.1. The fourth-order valence-corrected chi connectivity index (χ4v) is 2.57. The van der Waals surface area contributed by atoms with E-state index in [2.05, 4.69) is 4.98 Å². The van der Waals surface area contributed by atoms with Crippen LogP contribution in [0.5, 0.6) is 0 Å². The van der Waals surface area contributed by atoms with Crippen LogP contribution < -0.4 is 0 Å². The maximum absolute atomic E-state index is 12.1. The predicted molar refractivity (Wildman–Crippen MR) is 80.4 cm³/mol. The summed E-state index contributed by atoms with van der Waals surface area (Å²) in [4.78, 5) is 31.7. The van der Waals surface area contributed by atoms with Crippen LogP contribution in [0.1, 0.15) is 38.3 Å². The summed E-state index contributed by atoms with van der Waals surface area (Å²) in [7, 11) is 0. The van der Waals surface area contributed by atoms with Gasteiger partial charge in [-0.1, -0.05) is 6.07 Å². The standard InChI is InChI=1S/C16H23N3O2/c1-14(20)19(13-15-7-3-4-9-17-15)12-8-16(21)18-10-5-2-6-11-18/h3-4,7,9H,2,5-6,8,10-13H2,1H3. The number of aromatic nitrogens is 1. The van der Waals surface area contributed by atoms with Crippen LogP contribution >= 0.6 is 0 Å². The molecule has 0 N–H and O–H groups in total. The number of nitrogens with zero attached hydrogens (tertiary/aromatic N) is 3. The third-order valence-electron chi connectivity index (χ3n) is 3.83. The van der Waals surface area contributed by atoms with Crippen LogP contribution in [0.25, 0.3) is 0 Å². The Bertz CT molecular complexity index is 470. The van der Waals surface area contributed by atoms with Crippen LogP contribution in [0.3, 0.4) is 0 Å². The number of amides is 2. The molecular weight excluding hydrogens is 266 g/mol. The van der Waals surface area contributed by atoms with Crippen molar-refractivity contribution < 1.29 is 9.59 Å². The van der Waals surface area contributed by atoms with E-state index in [0.29, 0.717) is 19.5 Å². The van der Waals surface area contributed by atoms with Gasteiger partial charge in [0, 0.05) is 39.2 Å². The number of likely N-dealkylation sites (tertiary alicyclic amines) is 1. The lowest BCUT2D eigenvalue weighted by molar-refractivity contribution is -0.134. The van der Waals surface area contributed by atoms with Crippen molar-refractivity contribution >= 4 is 11.8 Å². The minimum absolute atomic E-state index is 0.0212. The quantitative estimate of drug-likeness (QED) is 0.831. The summed E-state index contributed by atoms with van der Waals surface area (Å²) in [6.45, 7) is 4.18. The van der Waals surface area contributed by atoms with E-state index in [1.54, 1.807) is 11.1 Å². The molecule has 2 rings (SSSR count). The Morgan fingerprint density at radius 1 is 1.24 bits per heavy atom. The van der Waals surface area contributed by atoms with Crippen molar-refractivity contribution in [3.8, 4) is 0 Å². The van der Waals surface area contributed by atoms with Crippen LogP contribution in [-0.2, 0) is 16.1 Å². The summed E-state index contributed by atoms with van der Waals surface area (Å²) < 4.78 is 0. The third-order valence-corrected chi connectivity index (χ3v) is 3.83. The monoisotopic (exact) mass is 289 g/mol. The van der Waals surface area contributed by atoms with Gasteiger partial charge < -0.3 is 9.80 Å². The Morgan fingerprint density at radius 2 is 2.00 bits per heavy atom. The van der Waals surface area contributed by atoms with Gasteiger partial charge in [-0.05, 0) is 31.4 Å². The zero-order valence-corrected chi connectivity index (χ0v) is 12.6. The average molecular weight is 289 g/mol.